The van der Waals surface area contributed by atoms with E-state index >= 15 is 0 Å². The van der Waals surface area contributed by atoms with Crippen molar-refractivity contribution in [3.63, 3.8) is 0 Å². The molecule has 0 radical (unpaired) electrons. The van der Waals surface area contributed by atoms with E-state index in [0.717, 1.165) is 11.1 Å². The zero-order chi connectivity index (χ0) is 21.9. The molecule has 0 amide bonds. The molecule has 0 saturated heterocycles. The van der Waals surface area contributed by atoms with Crippen LogP contribution in [-0.2, 0) is 11.3 Å². The SMILES string of the molecule is CCNC(=NCc1cc(OC)c(OC)c(OC)c1)NCC(OC)c1ccc(F)cc1.I. The summed E-state index contributed by atoms with van der Waals surface area (Å²) in [4.78, 5) is 4.63. The van der Waals surface area contributed by atoms with Gasteiger partial charge in [-0.2, -0.15) is 0 Å². The fourth-order valence-corrected chi connectivity index (χ4v) is 2.94. The summed E-state index contributed by atoms with van der Waals surface area (Å²) in [6, 6.07) is 10.0. The first-order valence-corrected chi connectivity index (χ1v) is 9.65. The number of guanidine groups is 1. The Morgan fingerprint density at radius 2 is 1.58 bits per heavy atom. The van der Waals surface area contributed by atoms with Crippen LogP contribution in [0.25, 0.3) is 0 Å². The monoisotopic (exact) mass is 547 g/mol. The highest BCUT2D eigenvalue weighted by Crippen LogP contribution is 2.38. The lowest BCUT2D eigenvalue weighted by Gasteiger charge is -2.19. The highest BCUT2D eigenvalue weighted by Gasteiger charge is 2.14. The zero-order valence-electron chi connectivity index (χ0n) is 18.5. The second-order valence-corrected chi connectivity index (χ2v) is 6.39. The van der Waals surface area contributed by atoms with Gasteiger partial charge in [-0.05, 0) is 42.3 Å². The lowest BCUT2D eigenvalue weighted by molar-refractivity contribution is 0.106. The molecule has 0 aliphatic heterocycles. The number of nitrogens with one attached hydrogen (secondary N) is 2. The van der Waals surface area contributed by atoms with Gasteiger partial charge in [0, 0.05) is 20.2 Å². The number of hydrogen-bond acceptors (Lipinski definition) is 5. The lowest BCUT2D eigenvalue weighted by atomic mass is 10.1. The first-order chi connectivity index (χ1) is 14.6. The van der Waals surface area contributed by atoms with Gasteiger partial charge in [-0.1, -0.05) is 12.1 Å². The molecule has 0 aromatic heterocycles. The Kier molecular flexibility index (Phi) is 12.0. The summed E-state index contributed by atoms with van der Waals surface area (Å²) < 4.78 is 34.9. The molecule has 9 heteroatoms. The molecule has 0 heterocycles. The van der Waals surface area contributed by atoms with Crippen LogP contribution in [-0.4, -0.2) is 47.5 Å². The molecule has 2 rings (SSSR count). The van der Waals surface area contributed by atoms with Gasteiger partial charge in [-0.25, -0.2) is 9.38 Å². The van der Waals surface area contributed by atoms with Crippen LogP contribution in [0.5, 0.6) is 17.2 Å². The number of methoxy groups -OCH3 is 4. The summed E-state index contributed by atoms with van der Waals surface area (Å²) in [5.41, 5.74) is 1.79. The number of ether oxygens (including phenoxy) is 4. The summed E-state index contributed by atoms with van der Waals surface area (Å²) in [6.45, 7) is 3.57. The molecule has 31 heavy (non-hydrogen) atoms. The fraction of sp³-hybridized carbons (Fsp3) is 0.409. The van der Waals surface area contributed by atoms with Gasteiger partial charge >= 0.3 is 0 Å². The van der Waals surface area contributed by atoms with Crippen molar-refractivity contribution in [2.45, 2.75) is 19.6 Å². The average molecular weight is 547 g/mol. The molecule has 0 spiro atoms. The minimum atomic E-state index is -0.276. The van der Waals surface area contributed by atoms with Gasteiger partial charge in [-0.15, -0.1) is 24.0 Å². The van der Waals surface area contributed by atoms with Crippen LogP contribution >= 0.6 is 24.0 Å². The summed E-state index contributed by atoms with van der Waals surface area (Å²) >= 11 is 0. The molecule has 172 valence electrons. The third-order valence-corrected chi connectivity index (χ3v) is 4.47. The Hall–Kier alpha value is -2.27. The summed E-state index contributed by atoms with van der Waals surface area (Å²) in [7, 11) is 6.35. The van der Waals surface area contributed by atoms with Gasteiger partial charge in [0.05, 0.1) is 34.0 Å². The molecule has 0 aliphatic rings. The summed E-state index contributed by atoms with van der Waals surface area (Å²) in [5, 5.41) is 6.48. The highest BCUT2D eigenvalue weighted by molar-refractivity contribution is 14.0. The predicted octanol–water partition coefficient (Wildman–Crippen LogP) is 3.91. The number of hydrogen-bond donors (Lipinski definition) is 2. The molecule has 2 aromatic rings. The van der Waals surface area contributed by atoms with Crippen molar-refractivity contribution in [1.82, 2.24) is 10.6 Å². The maximum atomic E-state index is 13.2. The highest BCUT2D eigenvalue weighted by atomic mass is 127. The number of nitrogens with zero attached hydrogens (tertiary/aromatic N) is 1. The molecule has 0 bridgehead atoms. The van der Waals surface area contributed by atoms with Crippen molar-refractivity contribution in [2.75, 3.05) is 41.5 Å². The van der Waals surface area contributed by atoms with E-state index in [1.54, 1.807) is 40.6 Å². The van der Waals surface area contributed by atoms with Gasteiger partial charge in [-0.3, -0.25) is 0 Å². The van der Waals surface area contributed by atoms with E-state index in [1.165, 1.54) is 12.1 Å². The summed E-state index contributed by atoms with van der Waals surface area (Å²) in [6.07, 6.45) is -0.240. The molecular formula is C22H31FIN3O4. The van der Waals surface area contributed by atoms with Gasteiger partial charge in [0.2, 0.25) is 5.75 Å². The quantitative estimate of drug-likeness (QED) is 0.267. The van der Waals surface area contributed by atoms with E-state index in [2.05, 4.69) is 15.6 Å². The first-order valence-electron chi connectivity index (χ1n) is 9.65. The number of benzene rings is 2. The normalized spacial score (nSPS) is 11.9. The molecular weight excluding hydrogens is 516 g/mol. The second kappa shape index (κ2) is 13.9. The van der Waals surface area contributed by atoms with Gasteiger partial charge in [0.25, 0.3) is 0 Å². The largest absolute Gasteiger partial charge is 0.493 e. The van der Waals surface area contributed by atoms with Crippen LogP contribution in [0.4, 0.5) is 4.39 Å². The van der Waals surface area contributed by atoms with E-state index < -0.39 is 0 Å². The van der Waals surface area contributed by atoms with Crippen LogP contribution in [0, 0.1) is 5.82 Å². The first kappa shape index (κ1) is 26.8. The van der Waals surface area contributed by atoms with Crippen molar-refractivity contribution in [1.29, 1.82) is 0 Å². The molecule has 2 aromatic carbocycles. The Morgan fingerprint density at radius 3 is 2.06 bits per heavy atom. The fourth-order valence-electron chi connectivity index (χ4n) is 2.94. The summed E-state index contributed by atoms with van der Waals surface area (Å²) in [5.74, 6) is 2.06. The van der Waals surface area contributed by atoms with Crippen LogP contribution < -0.4 is 24.8 Å². The van der Waals surface area contributed by atoms with Crippen molar-refractivity contribution < 1.29 is 23.3 Å². The van der Waals surface area contributed by atoms with E-state index in [9.17, 15) is 4.39 Å². The standard InChI is InChI=1S/C22H30FN3O4.HI/c1-6-24-22(26-14-20(29-4)16-7-9-17(23)10-8-16)25-13-15-11-18(27-2)21(30-5)19(12-15)28-3;/h7-12,20H,6,13-14H2,1-5H3,(H2,24,25,26);1H. The maximum Gasteiger partial charge on any atom is 0.203 e. The molecule has 1 atom stereocenters. The molecule has 0 saturated carbocycles. The molecule has 2 N–H and O–H groups in total. The maximum absolute atomic E-state index is 13.2. The average Bonchev–Trinajstić information content (AvgIpc) is 2.77. The van der Waals surface area contributed by atoms with Crippen LogP contribution in [0.2, 0.25) is 0 Å². The molecule has 0 aliphatic carbocycles. The van der Waals surface area contributed by atoms with Crippen LogP contribution in [0.3, 0.4) is 0 Å². The second-order valence-electron chi connectivity index (χ2n) is 6.39. The van der Waals surface area contributed by atoms with Gasteiger partial charge < -0.3 is 29.6 Å². The van der Waals surface area contributed by atoms with Crippen molar-refractivity contribution in [3.05, 3.63) is 53.3 Å². The van der Waals surface area contributed by atoms with Crippen LogP contribution in [0.15, 0.2) is 41.4 Å². The number of halogens is 2. The van der Waals surface area contributed by atoms with Crippen LogP contribution in [0.1, 0.15) is 24.2 Å². The van der Waals surface area contributed by atoms with Gasteiger partial charge in [0.15, 0.2) is 17.5 Å². The van der Waals surface area contributed by atoms with E-state index in [0.29, 0.717) is 42.8 Å². The van der Waals surface area contributed by atoms with Crippen molar-refractivity contribution >= 4 is 29.9 Å². The smallest absolute Gasteiger partial charge is 0.203 e. The minimum absolute atomic E-state index is 0. The van der Waals surface area contributed by atoms with E-state index in [1.807, 2.05) is 19.1 Å². The Bertz CT molecular complexity index is 809. The zero-order valence-corrected chi connectivity index (χ0v) is 20.9. The van der Waals surface area contributed by atoms with E-state index in [-0.39, 0.29) is 35.9 Å². The van der Waals surface area contributed by atoms with Crippen molar-refractivity contribution in [2.24, 2.45) is 4.99 Å². The third-order valence-electron chi connectivity index (χ3n) is 4.47. The number of aliphatic imine (C=N–C) groups is 1. The Labute approximate surface area is 200 Å². The minimum Gasteiger partial charge on any atom is -0.493 e. The molecule has 1 unspecified atom stereocenters. The van der Waals surface area contributed by atoms with Crippen molar-refractivity contribution in [3.8, 4) is 17.2 Å². The lowest BCUT2D eigenvalue weighted by Crippen LogP contribution is -2.39. The molecule has 0 fully saturated rings. The Balaban J connectivity index is 0.00000480. The third kappa shape index (κ3) is 7.73. The number of rotatable bonds is 10. The topological polar surface area (TPSA) is 73.3 Å². The molecule has 7 nitrogen and oxygen atoms in total. The Morgan fingerprint density at radius 1 is 0.968 bits per heavy atom. The van der Waals surface area contributed by atoms with Gasteiger partial charge in [0.1, 0.15) is 5.82 Å². The van der Waals surface area contributed by atoms with E-state index in [4.69, 9.17) is 18.9 Å². The predicted molar refractivity (Wildman–Crippen MR) is 130 cm³/mol.